The summed E-state index contributed by atoms with van der Waals surface area (Å²) in [6, 6.07) is 7.86. The van der Waals surface area contributed by atoms with Gasteiger partial charge in [-0.05, 0) is 49.4 Å². The lowest BCUT2D eigenvalue weighted by atomic mass is 9.93. The Morgan fingerprint density at radius 3 is 2.85 bits per heavy atom. The van der Waals surface area contributed by atoms with Crippen LogP contribution in [0.4, 0.5) is 5.69 Å². The zero-order valence-corrected chi connectivity index (χ0v) is 12.2. The lowest BCUT2D eigenvalue weighted by Crippen LogP contribution is -2.11. The van der Waals surface area contributed by atoms with Gasteiger partial charge in [0.15, 0.2) is 5.82 Å². The van der Waals surface area contributed by atoms with Crippen molar-refractivity contribution in [3.63, 3.8) is 0 Å². The highest BCUT2D eigenvalue weighted by Gasteiger charge is 2.23. The van der Waals surface area contributed by atoms with E-state index < -0.39 is 0 Å². The summed E-state index contributed by atoms with van der Waals surface area (Å²) in [5, 5.41) is 8.71. The average molecular weight is 284 g/mol. The quantitative estimate of drug-likeness (QED) is 0.698. The molecule has 0 fully saturated rings. The van der Waals surface area contributed by atoms with Crippen LogP contribution in [0.2, 0.25) is 0 Å². The van der Waals surface area contributed by atoms with E-state index in [0.717, 1.165) is 34.4 Å². The first-order chi connectivity index (χ1) is 9.72. The highest BCUT2D eigenvalue weighted by Crippen LogP contribution is 2.34. The normalized spacial score (nSPS) is 18.4. The maximum atomic E-state index is 5.76. The Labute approximate surface area is 121 Å². The standard InChI is InChI=1S/C15H16N4S/c1-9-2-7-12-13(8-9)20-15-18-17-14(19(12)15)10-3-5-11(16)6-4-10/h3-6,9H,2,7-8,16H2,1H3. The van der Waals surface area contributed by atoms with E-state index in [9.17, 15) is 0 Å². The first-order valence-electron chi connectivity index (χ1n) is 6.94. The largest absolute Gasteiger partial charge is 0.399 e. The number of hydrogen-bond donors (Lipinski definition) is 1. The number of hydrogen-bond acceptors (Lipinski definition) is 4. The van der Waals surface area contributed by atoms with Gasteiger partial charge in [0.25, 0.3) is 0 Å². The lowest BCUT2D eigenvalue weighted by Gasteiger charge is -2.17. The summed E-state index contributed by atoms with van der Waals surface area (Å²) in [7, 11) is 0. The topological polar surface area (TPSA) is 56.2 Å². The van der Waals surface area contributed by atoms with E-state index in [1.54, 1.807) is 11.3 Å². The molecule has 0 aliphatic heterocycles. The van der Waals surface area contributed by atoms with Crippen molar-refractivity contribution in [3.05, 3.63) is 34.8 Å². The van der Waals surface area contributed by atoms with Crippen LogP contribution in [0.5, 0.6) is 0 Å². The molecule has 1 aromatic carbocycles. The molecule has 0 amide bonds. The predicted molar refractivity (Wildman–Crippen MR) is 81.9 cm³/mol. The summed E-state index contributed by atoms with van der Waals surface area (Å²) in [6.45, 7) is 2.32. The fourth-order valence-corrected chi connectivity index (χ4v) is 4.17. The number of aryl methyl sites for hydroxylation is 1. The highest BCUT2D eigenvalue weighted by atomic mass is 32.1. The number of thiazole rings is 1. The van der Waals surface area contributed by atoms with Crippen molar-refractivity contribution < 1.29 is 0 Å². The minimum atomic E-state index is 0.774. The van der Waals surface area contributed by atoms with Gasteiger partial charge in [-0.15, -0.1) is 10.2 Å². The first-order valence-corrected chi connectivity index (χ1v) is 7.75. The number of nitrogens with two attached hydrogens (primary N) is 1. The van der Waals surface area contributed by atoms with Crippen molar-refractivity contribution in [3.8, 4) is 11.4 Å². The molecule has 4 nitrogen and oxygen atoms in total. The fraction of sp³-hybridized carbons (Fsp3) is 0.333. The SMILES string of the molecule is CC1CCc2c(sc3nnc(-c4ccc(N)cc4)n23)C1. The van der Waals surface area contributed by atoms with Crippen LogP contribution in [0, 0.1) is 5.92 Å². The number of rotatable bonds is 1. The predicted octanol–water partition coefficient (Wildman–Crippen LogP) is 3.16. The number of nitrogen functional groups attached to an aromatic ring is 1. The molecule has 2 N–H and O–H groups in total. The van der Waals surface area contributed by atoms with Crippen molar-refractivity contribution in [2.24, 2.45) is 5.92 Å². The van der Waals surface area contributed by atoms with Gasteiger partial charge in [-0.25, -0.2) is 0 Å². The van der Waals surface area contributed by atoms with Crippen molar-refractivity contribution in [1.82, 2.24) is 14.6 Å². The molecule has 0 saturated heterocycles. The van der Waals surface area contributed by atoms with E-state index in [0.29, 0.717) is 0 Å². The third-order valence-corrected chi connectivity index (χ3v) is 5.11. The smallest absolute Gasteiger partial charge is 0.216 e. The Morgan fingerprint density at radius 2 is 2.05 bits per heavy atom. The third-order valence-electron chi connectivity index (χ3n) is 4.02. The van der Waals surface area contributed by atoms with Crippen molar-refractivity contribution in [1.29, 1.82) is 0 Å². The summed E-state index contributed by atoms with van der Waals surface area (Å²) in [5.41, 5.74) is 9.01. The molecular formula is C15H16N4S. The first kappa shape index (κ1) is 11.9. The van der Waals surface area contributed by atoms with E-state index in [4.69, 9.17) is 5.73 Å². The zero-order valence-electron chi connectivity index (χ0n) is 11.3. The average Bonchev–Trinajstić information content (AvgIpc) is 2.98. The molecule has 4 rings (SSSR count). The van der Waals surface area contributed by atoms with Crippen LogP contribution in [0.25, 0.3) is 16.3 Å². The molecule has 1 unspecified atom stereocenters. The molecule has 1 aliphatic rings. The monoisotopic (exact) mass is 284 g/mol. The molecule has 0 bridgehead atoms. The van der Waals surface area contributed by atoms with Crippen LogP contribution in [0.1, 0.15) is 23.9 Å². The molecule has 1 aliphatic carbocycles. The Morgan fingerprint density at radius 1 is 1.25 bits per heavy atom. The van der Waals surface area contributed by atoms with Crippen LogP contribution < -0.4 is 5.73 Å². The maximum absolute atomic E-state index is 5.76. The Balaban J connectivity index is 1.90. The van der Waals surface area contributed by atoms with Gasteiger partial charge in [0.1, 0.15) is 0 Å². The summed E-state index contributed by atoms with van der Waals surface area (Å²) < 4.78 is 2.23. The Hall–Kier alpha value is -1.88. The number of anilines is 1. The molecule has 20 heavy (non-hydrogen) atoms. The molecule has 102 valence electrons. The molecule has 2 heterocycles. The Kier molecular flexibility index (Phi) is 2.57. The van der Waals surface area contributed by atoms with Gasteiger partial charge < -0.3 is 5.73 Å². The van der Waals surface area contributed by atoms with Gasteiger partial charge in [-0.1, -0.05) is 18.3 Å². The minimum Gasteiger partial charge on any atom is -0.399 e. The minimum absolute atomic E-state index is 0.774. The van der Waals surface area contributed by atoms with Gasteiger partial charge >= 0.3 is 0 Å². The lowest BCUT2D eigenvalue weighted by molar-refractivity contribution is 0.499. The highest BCUT2D eigenvalue weighted by molar-refractivity contribution is 7.17. The molecule has 2 aromatic heterocycles. The van der Waals surface area contributed by atoms with Crippen molar-refractivity contribution >= 4 is 22.0 Å². The molecule has 0 radical (unpaired) electrons. The van der Waals surface area contributed by atoms with Crippen molar-refractivity contribution in [2.45, 2.75) is 26.2 Å². The van der Waals surface area contributed by atoms with Crippen molar-refractivity contribution in [2.75, 3.05) is 5.73 Å². The summed E-state index contributed by atoms with van der Waals surface area (Å²) in [6.07, 6.45) is 3.54. The molecule has 5 heteroatoms. The maximum Gasteiger partial charge on any atom is 0.216 e. The number of fused-ring (bicyclic) bond motifs is 3. The van der Waals surface area contributed by atoms with Crippen LogP contribution >= 0.6 is 11.3 Å². The van der Waals surface area contributed by atoms with E-state index >= 15 is 0 Å². The van der Waals surface area contributed by atoms with Crippen LogP contribution in [-0.4, -0.2) is 14.6 Å². The number of aromatic nitrogens is 3. The van der Waals surface area contributed by atoms with Crippen LogP contribution in [-0.2, 0) is 12.8 Å². The second-order valence-electron chi connectivity index (χ2n) is 5.58. The Bertz CT molecular complexity index is 769. The van der Waals surface area contributed by atoms with Gasteiger partial charge in [-0.3, -0.25) is 4.40 Å². The summed E-state index contributed by atoms with van der Waals surface area (Å²) in [5.74, 6) is 1.71. The molecule has 3 aromatic rings. The van der Waals surface area contributed by atoms with Gasteiger partial charge in [0.05, 0.1) is 0 Å². The zero-order chi connectivity index (χ0) is 13.7. The van der Waals surface area contributed by atoms with E-state index in [-0.39, 0.29) is 0 Å². The van der Waals surface area contributed by atoms with Gasteiger partial charge in [0.2, 0.25) is 4.96 Å². The van der Waals surface area contributed by atoms with Crippen LogP contribution in [0.3, 0.4) is 0 Å². The fourth-order valence-electron chi connectivity index (χ4n) is 2.90. The van der Waals surface area contributed by atoms with Gasteiger partial charge in [0, 0.05) is 21.8 Å². The number of benzene rings is 1. The number of nitrogens with zero attached hydrogens (tertiary/aromatic N) is 3. The molecule has 0 spiro atoms. The van der Waals surface area contributed by atoms with Crippen LogP contribution in [0.15, 0.2) is 24.3 Å². The van der Waals surface area contributed by atoms with Gasteiger partial charge in [-0.2, -0.15) is 0 Å². The molecule has 0 saturated carbocycles. The van der Waals surface area contributed by atoms with E-state index in [2.05, 4.69) is 21.5 Å². The second-order valence-corrected chi connectivity index (χ2v) is 6.65. The third kappa shape index (κ3) is 1.73. The molecule has 1 atom stereocenters. The van der Waals surface area contributed by atoms with E-state index in [1.165, 1.54) is 23.4 Å². The second kappa shape index (κ2) is 4.31. The molecular weight excluding hydrogens is 268 g/mol. The summed E-state index contributed by atoms with van der Waals surface area (Å²) in [4.78, 5) is 2.49. The van der Waals surface area contributed by atoms with E-state index in [1.807, 2.05) is 24.3 Å². The summed E-state index contributed by atoms with van der Waals surface area (Å²) >= 11 is 1.79.